The first-order chi connectivity index (χ1) is 12.8. The van der Waals surface area contributed by atoms with Gasteiger partial charge in [0.1, 0.15) is 0 Å². The van der Waals surface area contributed by atoms with E-state index in [1.54, 1.807) is 36.4 Å². The molecular weight excluding hydrogens is 348 g/mol. The minimum Gasteiger partial charge on any atom is -0.733 e. The van der Waals surface area contributed by atoms with Crippen LogP contribution in [0.3, 0.4) is 0 Å². The van der Waals surface area contributed by atoms with Gasteiger partial charge in [-0.15, -0.1) is 0 Å². The Morgan fingerprint density at radius 2 is 1.70 bits per heavy atom. The molecule has 0 aromatic heterocycles. The second-order valence-electron chi connectivity index (χ2n) is 6.24. The van der Waals surface area contributed by atoms with E-state index in [0.29, 0.717) is 18.7 Å². The zero-order valence-electron chi connectivity index (χ0n) is 15.5. The van der Waals surface area contributed by atoms with Gasteiger partial charge in [-0.05, 0) is 38.4 Å². The standard InChI is InChI=1S/C19H23N4O4/c1-21(2)13-12-20-18(24)15-10-7-11-16(17(15)23(26)27)22(3)19(25)14-8-5-4-6-9-14/h4-11,26H,12-13H2,1-3H3,(H,20,24)/q-1. The van der Waals surface area contributed by atoms with E-state index in [0.717, 1.165) is 0 Å². The second-order valence-corrected chi connectivity index (χ2v) is 6.24. The number of para-hydroxylation sites is 1. The fraction of sp³-hybridized carbons (Fsp3) is 0.263. The van der Waals surface area contributed by atoms with Gasteiger partial charge in [0.15, 0.2) is 0 Å². The van der Waals surface area contributed by atoms with Gasteiger partial charge >= 0.3 is 0 Å². The van der Waals surface area contributed by atoms with Crippen molar-refractivity contribution in [2.45, 2.75) is 0 Å². The van der Waals surface area contributed by atoms with Crippen LogP contribution in [-0.2, 0) is 0 Å². The van der Waals surface area contributed by atoms with Gasteiger partial charge in [-0.2, -0.15) is 0 Å². The number of carbonyl (C=O) groups is 2. The van der Waals surface area contributed by atoms with Crippen LogP contribution < -0.4 is 15.4 Å². The SMILES string of the molecule is CN(C)CCNC(=O)c1cccc(N(C)C(=O)c2ccccc2)c1N([O-])O. The maximum Gasteiger partial charge on any atom is 0.258 e. The van der Waals surface area contributed by atoms with Gasteiger partial charge in [0.05, 0.1) is 16.9 Å². The van der Waals surface area contributed by atoms with Crippen molar-refractivity contribution < 1.29 is 14.8 Å². The van der Waals surface area contributed by atoms with Gasteiger partial charge in [0.25, 0.3) is 11.8 Å². The molecule has 0 aliphatic rings. The molecule has 8 nitrogen and oxygen atoms in total. The molecule has 0 spiro atoms. The average molecular weight is 371 g/mol. The zero-order chi connectivity index (χ0) is 20.0. The molecule has 2 N–H and O–H groups in total. The lowest BCUT2D eigenvalue weighted by molar-refractivity contribution is 0.0947. The van der Waals surface area contributed by atoms with Crippen molar-refractivity contribution in [2.24, 2.45) is 0 Å². The highest BCUT2D eigenvalue weighted by Crippen LogP contribution is 2.32. The van der Waals surface area contributed by atoms with Crippen molar-refractivity contribution in [3.05, 3.63) is 64.9 Å². The quantitative estimate of drug-likeness (QED) is 0.722. The van der Waals surface area contributed by atoms with Crippen LogP contribution in [0, 0.1) is 5.21 Å². The van der Waals surface area contributed by atoms with E-state index < -0.39 is 5.91 Å². The maximum atomic E-state index is 12.7. The van der Waals surface area contributed by atoms with Crippen LogP contribution in [0.25, 0.3) is 0 Å². The fourth-order valence-electron chi connectivity index (χ4n) is 2.56. The largest absolute Gasteiger partial charge is 0.733 e. The number of rotatable bonds is 7. The Kier molecular flexibility index (Phi) is 6.89. The Morgan fingerprint density at radius 1 is 1.04 bits per heavy atom. The fourth-order valence-corrected chi connectivity index (χ4v) is 2.56. The molecular formula is C19H23N4O4-. The summed E-state index contributed by atoms with van der Waals surface area (Å²) in [6.07, 6.45) is 0. The summed E-state index contributed by atoms with van der Waals surface area (Å²) < 4.78 is 0. The van der Waals surface area contributed by atoms with Crippen molar-refractivity contribution >= 4 is 23.2 Å². The first-order valence-corrected chi connectivity index (χ1v) is 8.38. The van der Waals surface area contributed by atoms with Crippen LogP contribution in [0.2, 0.25) is 0 Å². The van der Waals surface area contributed by atoms with E-state index in [1.807, 2.05) is 19.0 Å². The number of nitrogens with zero attached hydrogens (tertiary/aromatic N) is 3. The van der Waals surface area contributed by atoms with Crippen molar-refractivity contribution in [1.29, 1.82) is 0 Å². The number of nitrogens with one attached hydrogen (secondary N) is 1. The third-order valence-corrected chi connectivity index (χ3v) is 3.98. The number of benzene rings is 2. The molecule has 0 atom stereocenters. The molecule has 0 saturated heterocycles. The van der Waals surface area contributed by atoms with Crippen molar-refractivity contribution in [1.82, 2.24) is 10.2 Å². The predicted octanol–water partition coefficient (Wildman–Crippen LogP) is 1.95. The number of anilines is 2. The van der Waals surface area contributed by atoms with Gasteiger partial charge in [0, 0.05) is 25.7 Å². The summed E-state index contributed by atoms with van der Waals surface area (Å²) in [5.74, 6) is -0.881. The lowest BCUT2D eigenvalue weighted by Gasteiger charge is -2.30. The Bertz CT molecular complexity index is 794. The predicted molar refractivity (Wildman–Crippen MR) is 104 cm³/mol. The van der Waals surface area contributed by atoms with E-state index in [4.69, 9.17) is 0 Å². The lowest BCUT2D eigenvalue weighted by atomic mass is 10.1. The Morgan fingerprint density at radius 3 is 2.30 bits per heavy atom. The zero-order valence-corrected chi connectivity index (χ0v) is 15.5. The molecule has 2 rings (SSSR count). The molecule has 2 aromatic carbocycles. The molecule has 0 fully saturated rings. The van der Waals surface area contributed by atoms with E-state index >= 15 is 0 Å². The Hall–Kier alpha value is -2.94. The Balaban J connectivity index is 2.34. The van der Waals surface area contributed by atoms with Gasteiger partial charge in [-0.25, -0.2) is 0 Å². The number of carbonyl (C=O) groups excluding carboxylic acids is 2. The van der Waals surface area contributed by atoms with Crippen LogP contribution in [0.15, 0.2) is 48.5 Å². The number of likely N-dealkylation sites (N-methyl/N-ethyl adjacent to an activating group) is 1. The molecule has 2 aromatic rings. The first-order valence-electron chi connectivity index (χ1n) is 8.38. The van der Waals surface area contributed by atoms with Crippen LogP contribution in [0.4, 0.5) is 11.4 Å². The molecule has 0 radical (unpaired) electrons. The summed E-state index contributed by atoms with van der Waals surface area (Å²) in [6.45, 7) is 0.992. The Labute approximate surface area is 158 Å². The molecule has 0 aliphatic carbocycles. The normalized spacial score (nSPS) is 10.6. The molecule has 0 heterocycles. The monoisotopic (exact) mass is 371 g/mol. The number of hydrogen-bond donors (Lipinski definition) is 2. The van der Waals surface area contributed by atoms with Gasteiger partial charge < -0.3 is 25.6 Å². The minimum absolute atomic E-state index is 0.0172. The number of hydrogen-bond acceptors (Lipinski definition) is 6. The summed E-state index contributed by atoms with van der Waals surface area (Å²) in [7, 11) is 5.22. The van der Waals surface area contributed by atoms with Crippen molar-refractivity contribution in [3.8, 4) is 0 Å². The summed E-state index contributed by atoms with van der Waals surface area (Å²) in [6, 6.07) is 13.0. The molecule has 0 saturated carbocycles. The third kappa shape index (κ3) is 5.04. The van der Waals surface area contributed by atoms with E-state index in [1.165, 1.54) is 24.1 Å². The number of amides is 2. The van der Waals surface area contributed by atoms with Crippen LogP contribution in [-0.4, -0.2) is 56.2 Å². The minimum atomic E-state index is -0.510. The molecule has 27 heavy (non-hydrogen) atoms. The van der Waals surface area contributed by atoms with Gasteiger partial charge in [-0.1, -0.05) is 24.3 Å². The molecule has 0 bridgehead atoms. The van der Waals surface area contributed by atoms with Gasteiger partial charge in [0.2, 0.25) is 0 Å². The van der Waals surface area contributed by atoms with Crippen LogP contribution >= 0.6 is 0 Å². The molecule has 0 unspecified atom stereocenters. The average Bonchev–Trinajstić information content (AvgIpc) is 2.66. The highest BCUT2D eigenvalue weighted by Gasteiger charge is 2.21. The summed E-state index contributed by atoms with van der Waals surface area (Å²) in [4.78, 5) is 28.2. The van der Waals surface area contributed by atoms with Gasteiger partial charge in [-0.3, -0.25) is 14.8 Å². The van der Waals surface area contributed by atoms with Crippen LogP contribution in [0.5, 0.6) is 0 Å². The summed E-state index contributed by atoms with van der Waals surface area (Å²) >= 11 is 0. The highest BCUT2D eigenvalue weighted by molar-refractivity contribution is 6.10. The van der Waals surface area contributed by atoms with E-state index in [2.05, 4.69) is 5.32 Å². The van der Waals surface area contributed by atoms with Crippen LogP contribution in [0.1, 0.15) is 20.7 Å². The summed E-state index contributed by atoms with van der Waals surface area (Å²) in [5, 5.41) is 23.7. The topological polar surface area (TPSA) is 99.2 Å². The van der Waals surface area contributed by atoms with E-state index in [-0.39, 0.29) is 28.1 Å². The van der Waals surface area contributed by atoms with E-state index in [9.17, 15) is 20.0 Å². The molecule has 8 heteroatoms. The van der Waals surface area contributed by atoms with Crippen molar-refractivity contribution in [2.75, 3.05) is 44.4 Å². The molecule has 144 valence electrons. The third-order valence-electron chi connectivity index (χ3n) is 3.98. The van der Waals surface area contributed by atoms with Crippen molar-refractivity contribution in [3.63, 3.8) is 0 Å². The first kappa shape index (κ1) is 20.4. The highest BCUT2D eigenvalue weighted by atomic mass is 16.8. The lowest BCUT2D eigenvalue weighted by Crippen LogP contribution is -2.33. The maximum absolute atomic E-state index is 12.7. The molecule has 0 aliphatic heterocycles. The summed E-state index contributed by atoms with van der Waals surface area (Å²) in [5.41, 5.74) is 0.242. The second kappa shape index (κ2) is 9.13. The smallest absolute Gasteiger partial charge is 0.258 e. The molecule has 2 amide bonds.